The molecule has 1 aliphatic heterocycles. The lowest BCUT2D eigenvalue weighted by molar-refractivity contribution is -0.0886. The lowest BCUT2D eigenvalue weighted by atomic mass is 9.71. The minimum atomic E-state index is -0.531. The number of hydrogen-bond donors (Lipinski definition) is 1. The first-order chi connectivity index (χ1) is 11.5. The van der Waals surface area contributed by atoms with Crippen molar-refractivity contribution in [3.8, 4) is 0 Å². The van der Waals surface area contributed by atoms with E-state index in [0.717, 1.165) is 36.9 Å². The summed E-state index contributed by atoms with van der Waals surface area (Å²) >= 11 is 0. The summed E-state index contributed by atoms with van der Waals surface area (Å²) in [6.07, 6.45) is 9.07. The molecule has 2 aliphatic carbocycles. The topological polar surface area (TPSA) is 58.4 Å². The van der Waals surface area contributed by atoms with Crippen LogP contribution in [0.25, 0.3) is 0 Å². The van der Waals surface area contributed by atoms with E-state index in [4.69, 9.17) is 0 Å². The van der Waals surface area contributed by atoms with Crippen LogP contribution >= 0.6 is 0 Å². The molecule has 1 amide bonds. The van der Waals surface area contributed by atoms with E-state index in [0.29, 0.717) is 19.0 Å². The first kappa shape index (κ1) is 16.1. The quantitative estimate of drug-likeness (QED) is 0.926. The molecule has 5 heteroatoms. The first-order valence-electron chi connectivity index (χ1n) is 9.58. The number of nitrogens with zero attached hydrogens (tertiary/aromatic N) is 3. The molecule has 4 rings (SSSR count). The standard InChI is InChI=1S/C19H29N3O2/c1-13(2)22-17(14-6-7-14)16(11-20-22)18(23)21-10-9-19(24)8-4-3-5-15(19)12-21/h11,13-15,24H,3-10,12H2,1-2H3. The van der Waals surface area contributed by atoms with Gasteiger partial charge in [0.2, 0.25) is 0 Å². The molecule has 3 fully saturated rings. The summed E-state index contributed by atoms with van der Waals surface area (Å²) in [7, 11) is 0. The van der Waals surface area contributed by atoms with Gasteiger partial charge in [0, 0.05) is 31.0 Å². The van der Waals surface area contributed by atoms with Gasteiger partial charge in [0.25, 0.3) is 5.91 Å². The monoisotopic (exact) mass is 331 g/mol. The lowest BCUT2D eigenvalue weighted by Crippen LogP contribution is -2.54. The van der Waals surface area contributed by atoms with Crippen LogP contribution in [0, 0.1) is 5.92 Å². The van der Waals surface area contributed by atoms with Crippen LogP contribution in [0.4, 0.5) is 0 Å². The molecular weight excluding hydrogens is 302 g/mol. The minimum absolute atomic E-state index is 0.122. The summed E-state index contributed by atoms with van der Waals surface area (Å²) in [5.74, 6) is 0.871. The molecule has 5 nitrogen and oxygen atoms in total. The number of aliphatic hydroxyl groups is 1. The maximum Gasteiger partial charge on any atom is 0.257 e. The van der Waals surface area contributed by atoms with E-state index in [-0.39, 0.29) is 17.9 Å². The molecule has 24 heavy (non-hydrogen) atoms. The van der Waals surface area contributed by atoms with Gasteiger partial charge in [-0.25, -0.2) is 0 Å². The second kappa shape index (κ2) is 5.87. The number of fused-ring (bicyclic) bond motifs is 1. The van der Waals surface area contributed by atoms with Crippen LogP contribution in [0.5, 0.6) is 0 Å². The summed E-state index contributed by atoms with van der Waals surface area (Å²) in [5, 5.41) is 15.3. The number of carbonyl (C=O) groups is 1. The average Bonchev–Trinajstić information content (AvgIpc) is 3.31. The fraction of sp³-hybridized carbons (Fsp3) is 0.789. The molecule has 1 aromatic heterocycles. The Balaban J connectivity index is 1.56. The number of carbonyl (C=O) groups excluding carboxylic acids is 1. The van der Waals surface area contributed by atoms with Crippen molar-refractivity contribution in [1.82, 2.24) is 14.7 Å². The van der Waals surface area contributed by atoms with Crippen molar-refractivity contribution < 1.29 is 9.90 Å². The highest BCUT2D eigenvalue weighted by Gasteiger charge is 2.44. The second-order valence-corrected chi connectivity index (χ2v) is 8.30. The third-order valence-corrected chi connectivity index (χ3v) is 6.23. The van der Waals surface area contributed by atoms with E-state index in [1.54, 1.807) is 6.20 Å². The lowest BCUT2D eigenvalue weighted by Gasteiger charge is -2.47. The normalized spacial score (nSPS) is 30.5. The molecule has 0 spiro atoms. The van der Waals surface area contributed by atoms with Gasteiger partial charge in [-0.2, -0.15) is 5.10 Å². The molecule has 2 saturated carbocycles. The van der Waals surface area contributed by atoms with Gasteiger partial charge in [0.1, 0.15) is 0 Å². The zero-order valence-electron chi connectivity index (χ0n) is 14.9. The van der Waals surface area contributed by atoms with E-state index in [1.165, 1.54) is 19.3 Å². The average molecular weight is 331 g/mol. The maximum atomic E-state index is 13.2. The van der Waals surface area contributed by atoms with Crippen LogP contribution in [0.3, 0.4) is 0 Å². The Kier molecular flexibility index (Phi) is 3.94. The number of likely N-dealkylation sites (tertiary alicyclic amines) is 1. The van der Waals surface area contributed by atoms with Gasteiger partial charge in [-0.05, 0) is 46.0 Å². The van der Waals surface area contributed by atoms with E-state index in [2.05, 4.69) is 18.9 Å². The van der Waals surface area contributed by atoms with Crippen LogP contribution in [-0.2, 0) is 0 Å². The molecule has 1 N–H and O–H groups in total. The molecule has 1 saturated heterocycles. The van der Waals surface area contributed by atoms with Gasteiger partial charge >= 0.3 is 0 Å². The molecular formula is C19H29N3O2. The molecule has 0 aromatic carbocycles. The van der Waals surface area contributed by atoms with Gasteiger partial charge in [0.05, 0.1) is 23.1 Å². The van der Waals surface area contributed by atoms with Gasteiger partial charge in [-0.1, -0.05) is 12.8 Å². The number of amides is 1. The summed E-state index contributed by atoms with van der Waals surface area (Å²) in [6, 6.07) is 0.284. The van der Waals surface area contributed by atoms with Crippen LogP contribution in [0.2, 0.25) is 0 Å². The molecule has 2 heterocycles. The highest BCUT2D eigenvalue weighted by molar-refractivity contribution is 5.95. The summed E-state index contributed by atoms with van der Waals surface area (Å²) in [4.78, 5) is 15.1. The highest BCUT2D eigenvalue weighted by Crippen LogP contribution is 2.44. The Bertz CT molecular complexity index is 635. The van der Waals surface area contributed by atoms with Gasteiger partial charge in [-0.3, -0.25) is 9.48 Å². The molecule has 132 valence electrons. The van der Waals surface area contributed by atoms with Crippen LogP contribution in [-0.4, -0.2) is 44.4 Å². The van der Waals surface area contributed by atoms with Crippen molar-refractivity contribution in [3.05, 3.63) is 17.5 Å². The molecule has 3 aliphatic rings. The minimum Gasteiger partial charge on any atom is -0.389 e. The number of hydrogen-bond acceptors (Lipinski definition) is 3. The van der Waals surface area contributed by atoms with Crippen molar-refractivity contribution in [2.24, 2.45) is 5.92 Å². The Morgan fingerprint density at radius 3 is 2.79 bits per heavy atom. The molecule has 2 unspecified atom stereocenters. The zero-order chi connectivity index (χ0) is 16.9. The Morgan fingerprint density at radius 1 is 1.29 bits per heavy atom. The predicted molar refractivity (Wildman–Crippen MR) is 92.0 cm³/mol. The van der Waals surface area contributed by atoms with Crippen LogP contribution in [0.15, 0.2) is 6.20 Å². The third-order valence-electron chi connectivity index (χ3n) is 6.23. The van der Waals surface area contributed by atoms with E-state index in [9.17, 15) is 9.90 Å². The Morgan fingerprint density at radius 2 is 2.08 bits per heavy atom. The Labute approximate surface area is 144 Å². The second-order valence-electron chi connectivity index (χ2n) is 8.30. The van der Waals surface area contributed by atoms with E-state index in [1.807, 2.05) is 9.58 Å². The molecule has 2 atom stereocenters. The fourth-order valence-corrected chi connectivity index (χ4v) is 4.64. The van der Waals surface area contributed by atoms with Crippen molar-refractivity contribution >= 4 is 5.91 Å². The van der Waals surface area contributed by atoms with Gasteiger partial charge < -0.3 is 10.0 Å². The van der Waals surface area contributed by atoms with E-state index >= 15 is 0 Å². The smallest absolute Gasteiger partial charge is 0.257 e. The first-order valence-corrected chi connectivity index (χ1v) is 9.58. The number of piperidine rings is 1. The SMILES string of the molecule is CC(C)n1ncc(C(=O)N2CCC3(O)CCCCC3C2)c1C1CC1. The Hall–Kier alpha value is -1.36. The third kappa shape index (κ3) is 2.67. The predicted octanol–water partition coefficient (Wildman–Crippen LogP) is 3.11. The van der Waals surface area contributed by atoms with Gasteiger partial charge in [0.15, 0.2) is 0 Å². The maximum absolute atomic E-state index is 13.2. The zero-order valence-corrected chi connectivity index (χ0v) is 14.9. The number of rotatable bonds is 3. The number of aromatic nitrogens is 2. The van der Waals surface area contributed by atoms with Crippen molar-refractivity contribution in [3.63, 3.8) is 0 Å². The fourth-order valence-electron chi connectivity index (χ4n) is 4.64. The van der Waals surface area contributed by atoms with Crippen molar-refractivity contribution in [2.75, 3.05) is 13.1 Å². The summed E-state index contributed by atoms with van der Waals surface area (Å²) in [6.45, 7) is 5.61. The highest BCUT2D eigenvalue weighted by atomic mass is 16.3. The van der Waals surface area contributed by atoms with Crippen LogP contribution in [0.1, 0.15) is 86.8 Å². The molecule has 0 bridgehead atoms. The van der Waals surface area contributed by atoms with E-state index < -0.39 is 5.60 Å². The molecule has 1 aromatic rings. The molecule has 0 radical (unpaired) electrons. The largest absolute Gasteiger partial charge is 0.389 e. The summed E-state index contributed by atoms with van der Waals surface area (Å²) in [5.41, 5.74) is 1.41. The van der Waals surface area contributed by atoms with Crippen molar-refractivity contribution in [2.45, 2.75) is 76.4 Å². The summed E-state index contributed by atoms with van der Waals surface area (Å²) < 4.78 is 2.03. The van der Waals surface area contributed by atoms with Crippen molar-refractivity contribution in [1.29, 1.82) is 0 Å². The van der Waals surface area contributed by atoms with Crippen LogP contribution < -0.4 is 0 Å². The van der Waals surface area contributed by atoms with Gasteiger partial charge in [-0.15, -0.1) is 0 Å².